The van der Waals surface area contributed by atoms with E-state index in [4.69, 9.17) is 4.42 Å². The van der Waals surface area contributed by atoms with Gasteiger partial charge in [0.15, 0.2) is 5.58 Å². The lowest BCUT2D eigenvalue weighted by Crippen LogP contribution is -2.14. The van der Waals surface area contributed by atoms with Crippen LogP contribution in [0.5, 0.6) is 0 Å². The topological polar surface area (TPSA) is 67.1 Å². The predicted octanol–water partition coefficient (Wildman–Crippen LogP) is 2.08. The van der Waals surface area contributed by atoms with Crippen molar-refractivity contribution in [3.63, 3.8) is 0 Å². The molecule has 0 atom stereocenters. The number of nitrogens with one attached hydrogen (secondary N) is 1. The Bertz CT molecular complexity index is 802. The molecule has 6 heteroatoms. The first kappa shape index (κ1) is 10.4. The number of aromatic nitrogens is 3. The number of fused-ring (bicyclic) bond motifs is 2. The molecule has 94 valence electrons. The number of H-pyrrole nitrogens is 1. The van der Waals surface area contributed by atoms with E-state index < -0.39 is 0 Å². The third kappa shape index (κ3) is 1.56. The summed E-state index contributed by atoms with van der Waals surface area (Å²) in [7, 11) is 0. The monoisotopic (exact) mass is 256 g/mol. The van der Waals surface area contributed by atoms with E-state index in [2.05, 4.69) is 19.9 Å². The molecular formula is C13H9FN4O. The number of hydrogen-bond donors (Lipinski definition) is 1. The highest BCUT2D eigenvalue weighted by atomic mass is 19.1. The van der Waals surface area contributed by atoms with E-state index in [1.165, 1.54) is 12.1 Å². The highest BCUT2D eigenvalue weighted by Crippen LogP contribution is 2.21. The van der Waals surface area contributed by atoms with Crippen molar-refractivity contribution in [2.24, 2.45) is 4.99 Å². The van der Waals surface area contributed by atoms with E-state index in [1.54, 1.807) is 12.4 Å². The third-order valence-corrected chi connectivity index (χ3v) is 3.13. The van der Waals surface area contributed by atoms with Crippen LogP contribution in [0.2, 0.25) is 0 Å². The number of oxazole rings is 1. The van der Waals surface area contributed by atoms with E-state index in [-0.39, 0.29) is 5.82 Å². The second kappa shape index (κ2) is 3.74. The average molecular weight is 256 g/mol. The number of aliphatic imine (C=N–C) groups is 1. The molecule has 1 aliphatic heterocycles. The Hall–Kier alpha value is -2.50. The second-order valence-electron chi connectivity index (χ2n) is 4.34. The van der Waals surface area contributed by atoms with Gasteiger partial charge in [-0.2, -0.15) is 0 Å². The highest BCUT2D eigenvalue weighted by molar-refractivity contribution is 6.10. The zero-order chi connectivity index (χ0) is 12.8. The van der Waals surface area contributed by atoms with E-state index in [9.17, 15) is 4.39 Å². The lowest BCUT2D eigenvalue weighted by Gasteiger charge is -2.08. The Balaban J connectivity index is 1.89. The van der Waals surface area contributed by atoms with Crippen LogP contribution in [0.3, 0.4) is 0 Å². The van der Waals surface area contributed by atoms with Crippen molar-refractivity contribution in [3.8, 4) is 0 Å². The van der Waals surface area contributed by atoms with Crippen molar-refractivity contribution in [1.29, 1.82) is 0 Å². The molecular weight excluding hydrogens is 247 g/mol. The molecule has 0 fully saturated rings. The average Bonchev–Trinajstić information content (AvgIpc) is 3.03. The second-order valence-corrected chi connectivity index (χ2v) is 4.34. The molecule has 0 radical (unpaired) electrons. The lowest BCUT2D eigenvalue weighted by atomic mass is 10.1. The quantitative estimate of drug-likeness (QED) is 0.724. The number of hydrogen-bond acceptors (Lipinski definition) is 4. The molecule has 3 aromatic rings. The Morgan fingerprint density at radius 3 is 3.21 bits per heavy atom. The molecule has 0 saturated carbocycles. The number of imidazole rings is 1. The maximum absolute atomic E-state index is 13.1. The Kier molecular flexibility index (Phi) is 2.05. The summed E-state index contributed by atoms with van der Waals surface area (Å²) >= 11 is 0. The van der Waals surface area contributed by atoms with Gasteiger partial charge in [0.25, 0.3) is 0 Å². The minimum absolute atomic E-state index is 0.346. The van der Waals surface area contributed by atoms with Crippen LogP contribution in [-0.4, -0.2) is 27.2 Å². The van der Waals surface area contributed by atoms with Crippen molar-refractivity contribution in [2.75, 3.05) is 6.54 Å². The predicted molar refractivity (Wildman–Crippen MR) is 66.8 cm³/mol. The molecule has 1 aromatic carbocycles. The van der Waals surface area contributed by atoms with Crippen LogP contribution in [-0.2, 0) is 6.42 Å². The molecule has 2 aromatic heterocycles. The lowest BCUT2D eigenvalue weighted by molar-refractivity contribution is 0.580. The first-order valence-electron chi connectivity index (χ1n) is 5.95. The van der Waals surface area contributed by atoms with Crippen molar-refractivity contribution >= 4 is 16.8 Å². The van der Waals surface area contributed by atoms with Crippen LogP contribution >= 0.6 is 0 Å². The maximum Gasteiger partial charge on any atom is 0.248 e. The maximum atomic E-state index is 13.1. The molecule has 19 heavy (non-hydrogen) atoms. The Morgan fingerprint density at radius 2 is 2.26 bits per heavy atom. The first-order valence-corrected chi connectivity index (χ1v) is 5.95. The fraction of sp³-hybridized carbons (Fsp3) is 0.154. The molecule has 0 unspecified atom stereocenters. The molecule has 0 amide bonds. The smallest absolute Gasteiger partial charge is 0.248 e. The van der Waals surface area contributed by atoms with Gasteiger partial charge in [-0.1, -0.05) is 0 Å². The van der Waals surface area contributed by atoms with Gasteiger partial charge < -0.3 is 9.40 Å². The summed E-state index contributed by atoms with van der Waals surface area (Å²) in [6.45, 7) is 0.664. The molecule has 1 aliphatic rings. The number of rotatable bonds is 1. The fourth-order valence-electron chi connectivity index (χ4n) is 2.24. The molecule has 1 N–H and O–H groups in total. The van der Waals surface area contributed by atoms with Crippen LogP contribution in [0.1, 0.15) is 17.3 Å². The van der Waals surface area contributed by atoms with Crippen molar-refractivity contribution in [2.45, 2.75) is 6.42 Å². The first-order chi connectivity index (χ1) is 9.31. The van der Waals surface area contributed by atoms with E-state index in [0.29, 0.717) is 29.2 Å². The number of halogens is 1. The van der Waals surface area contributed by atoms with Crippen LogP contribution in [0, 0.1) is 5.82 Å². The number of aromatic amines is 1. The van der Waals surface area contributed by atoms with Crippen molar-refractivity contribution < 1.29 is 8.81 Å². The summed E-state index contributed by atoms with van der Waals surface area (Å²) in [6, 6.07) is 4.27. The normalized spacial score (nSPS) is 14.5. The van der Waals surface area contributed by atoms with Gasteiger partial charge >= 0.3 is 0 Å². The molecule has 5 nitrogen and oxygen atoms in total. The molecule has 0 spiro atoms. The highest BCUT2D eigenvalue weighted by Gasteiger charge is 2.22. The van der Waals surface area contributed by atoms with Gasteiger partial charge in [-0.15, -0.1) is 0 Å². The molecule has 3 heterocycles. The van der Waals surface area contributed by atoms with Gasteiger partial charge in [0.05, 0.1) is 6.33 Å². The van der Waals surface area contributed by atoms with Crippen LogP contribution in [0.25, 0.3) is 11.1 Å². The Labute approximate surface area is 107 Å². The minimum atomic E-state index is -0.346. The zero-order valence-electron chi connectivity index (χ0n) is 9.85. The molecule has 0 saturated heterocycles. The van der Waals surface area contributed by atoms with Gasteiger partial charge in [-0.25, -0.2) is 14.4 Å². The summed E-state index contributed by atoms with van der Waals surface area (Å²) < 4.78 is 18.7. The Morgan fingerprint density at radius 1 is 1.32 bits per heavy atom. The summed E-state index contributed by atoms with van der Waals surface area (Å²) in [5.74, 6) is 0.0369. The zero-order valence-corrected chi connectivity index (χ0v) is 9.85. The van der Waals surface area contributed by atoms with Gasteiger partial charge in [0.1, 0.15) is 22.7 Å². The van der Waals surface area contributed by atoms with Gasteiger partial charge in [0, 0.05) is 24.7 Å². The largest absolute Gasteiger partial charge is 0.435 e. The summed E-state index contributed by atoms with van der Waals surface area (Å²) in [5, 5.41) is 0. The van der Waals surface area contributed by atoms with Gasteiger partial charge in [0.2, 0.25) is 5.89 Å². The van der Waals surface area contributed by atoms with E-state index >= 15 is 0 Å². The van der Waals surface area contributed by atoms with Crippen LogP contribution < -0.4 is 0 Å². The van der Waals surface area contributed by atoms with Crippen molar-refractivity contribution in [1.82, 2.24) is 15.0 Å². The third-order valence-electron chi connectivity index (χ3n) is 3.13. The van der Waals surface area contributed by atoms with Crippen LogP contribution in [0.15, 0.2) is 33.9 Å². The van der Waals surface area contributed by atoms with Gasteiger partial charge in [-0.3, -0.25) is 4.99 Å². The minimum Gasteiger partial charge on any atom is -0.435 e. The van der Waals surface area contributed by atoms with Gasteiger partial charge in [-0.05, 0) is 12.1 Å². The summed E-state index contributed by atoms with van der Waals surface area (Å²) in [6.07, 6.45) is 2.46. The SMILES string of the molecule is Fc1ccc2nc(C3=NCCc4[nH]cnc43)oc2c1. The van der Waals surface area contributed by atoms with Crippen molar-refractivity contribution in [3.05, 3.63) is 47.6 Å². The molecule has 4 rings (SSSR count). The number of benzene rings is 1. The standard InChI is InChI=1S/C13H9FN4O/c14-7-1-2-8-10(5-7)19-13(18-8)12-11-9(3-4-15-12)16-6-17-11/h1-2,5-6H,3-4H2,(H,16,17). The van der Waals surface area contributed by atoms with E-state index in [0.717, 1.165) is 17.8 Å². The number of nitrogens with zero attached hydrogens (tertiary/aromatic N) is 3. The molecule has 0 bridgehead atoms. The molecule has 0 aliphatic carbocycles. The van der Waals surface area contributed by atoms with E-state index in [1.807, 2.05) is 0 Å². The van der Waals surface area contributed by atoms with Crippen LogP contribution in [0.4, 0.5) is 4.39 Å². The summed E-state index contributed by atoms with van der Waals surface area (Å²) in [5.41, 5.74) is 3.44. The fourth-order valence-corrected chi connectivity index (χ4v) is 2.24. The summed E-state index contributed by atoms with van der Waals surface area (Å²) in [4.78, 5) is 16.1.